The average molecular weight is 403 g/mol. The molecule has 3 aromatic carbocycles. The number of aliphatic hydroxyl groups is 1. The first-order chi connectivity index (χ1) is 14.3. The van der Waals surface area contributed by atoms with Gasteiger partial charge in [0.25, 0.3) is 0 Å². The molecule has 4 rings (SSSR count). The van der Waals surface area contributed by atoms with Crippen molar-refractivity contribution < 1.29 is 14.2 Å². The molecule has 0 aliphatic heterocycles. The van der Waals surface area contributed by atoms with Gasteiger partial charge in [-0.05, 0) is 68.3 Å². The van der Waals surface area contributed by atoms with Gasteiger partial charge in [0.1, 0.15) is 18.2 Å². The van der Waals surface area contributed by atoms with Gasteiger partial charge in [0.05, 0.1) is 11.1 Å². The zero-order chi connectivity index (χ0) is 21.3. The average Bonchev–Trinajstić information content (AvgIpc) is 3.06. The van der Waals surface area contributed by atoms with Crippen LogP contribution in [0, 0.1) is 12.7 Å². The van der Waals surface area contributed by atoms with Crippen LogP contribution in [0.25, 0.3) is 16.6 Å². The van der Waals surface area contributed by atoms with Gasteiger partial charge in [-0.3, -0.25) is 0 Å². The molecule has 0 amide bonds. The first-order valence-electron chi connectivity index (χ1n) is 10.1. The van der Waals surface area contributed by atoms with Crippen LogP contribution in [0.2, 0.25) is 0 Å². The molecule has 4 heteroatoms. The van der Waals surface area contributed by atoms with Gasteiger partial charge in [-0.15, -0.1) is 0 Å². The van der Waals surface area contributed by atoms with Crippen LogP contribution in [0.1, 0.15) is 30.7 Å². The van der Waals surface area contributed by atoms with E-state index in [1.165, 1.54) is 6.07 Å². The van der Waals surface area contributed by atoms with Gasteiger partial charge in [-0.2, -0.15) is 0 Å². The second-order valence-corrected chi connectivity index (χ2v) is 8.36. The van der Waals surface area contributed by atoms with Crippen LogP contribution in [0.3, 0.4) is 0 Å². The van der Waals surface area contributed by atoms with Crippen LogP contribution in [-0.4, -0.2) is 15.3 Å². The summed E-state index contributed by atoms with van der Waals surface area (Å²) in [7, 11) is 0. The molecule has 0 saturated heterocycles. The fourth-order valence-corrected chi connectivity index (χ4v) is 3.77. The topological polar surface area (TPSA) is 34.4 Å². The number of aromatic nitrogens is 1. The summed E-state index contributed by atoms with van der Waals surface area (Å²) in [6.45, 7) is 5.81. The summed E-state index contributed by atoms with van der Waals surface area (Å²) in [6.07, 6.45) is 0.455. The Kier molecular flexibility index (Phi) is 5.35. The van der Waals surface area contributed by atoms with Crippen molar-refractivity contribution in [2.75, 3.05) is 0 Å². The smallest absolute Gasteiger partial charge is 0.129 e. The third-order valence-electron chi connectivity index (χ3n) is 5.13. The molecule has 30 heavy (non-hydrogen) atoms. The van der Waals surface area contributed by atoms with Crippen molar-refractivity contribution in [1.29, 1.82) is 0 Å². The molecule has 1 heterocycles. The predicted octanol–water partition coefficient (Wildman–Crippen LogP) is 5.97. The van der Waals surface area contributed by atoms with Crippen LogP contribution in [-0.2, 0) is 13.0 Å². The Morgan fingerprint density at radius 3 is 2.43 bits per heavy atom. The Labute approximate surface area is 176 Å². The molecule has 4 aromatic rings. The number of fused-ring (bicyclic) bond motifs is 1. The lowest BCUT2D eigenvalue weighted by atomic mass is 10.0. The lowest BCUT2D eigenvalue weighted by molar-refractivity contribution is 0.0796. The zero-order valence-corrected chi connectivity index (χ0v) is 17.5. The van der Waals surface area contributed by atoms with Gasteiger partial charge >= 0.3 is 0 Å². The first-order valence-corrected chi connectivity index (χ1v) is 10.1. The van der Waals surface area contributed by atoms with Crippen molar-refractivity contribution in [2.45, 2.75) is 39.4 Å². The molecule has 0 aliphatic carbocycles. The molecule has 0 saturated carbocycles. The summed E-state index contributed by atoms with van der Waals surface area (Å²) in [5.74, 6) is 0.553. The maximum Gasteiger partial charge on any atom is 0.129 e. The van der Waals surface area contributed by atoms with E-state index in [0.717, 1.165) is 33.6 Å². The third kappa shape index (κ3) is 4.24. The molecule has 0 aliphatic rings. The summed E-state index contributed by atoms with van der Waals surface area (Å²) >= 11 is 0. The molecular formula is C26H26FNO2. The van der Waals surface area contributed by atoms with E-state index in [1.54, 1.807) is 26.8 Å². The number of ether oxygens (including phenoxy) is 1. The van der Waals surface area contributed by atoms with E-state index in [-0.39, 0.29) is 5.82 Å². The highest BCUT2D eigenvalue weighted by Gasteiger charge is 2.21. The van der Waals surface area contributed by atoms with Crippen LogP contribution < -0.4 is 4.74 Å². The molecule has 0 spiro atoms. The fraction of sp³-hybridized carbons (Fsp3) is 0.231. The Morgan fingerprint density at radius 1 is 0.967 bits per heavy atom. The molecule has 1 aromatic heterocycles. The number of aryl methyl sites for hydroxylation is 1. The predicted molar refractivity (Wildman–Crippen MR) is 119 cm³/mol. The highest BCUT2D eigenvalue weighted by molar-refractivity contribution is 5.89. The minimum atomic E-state index is -0.883. The lowest BCUT2D eigenvalue weighted by Gasteiger charge is -2.19. The Balaban J connectivity index is 1.82. The third-order valence-corrected chi connectivity index (χ3v) is 5.13. The van der Waals surface area contributed by atoms with E-state index >= 15 is 0 Å². The van der Waals surface area contributed by atoms with Gasteiger partial charge < -0.3 is 14.4 Å². The number of hydrogen-bond donors (Lipinski definition) is 1. The molecule has 0 unspecified atom stereocenters. The molecule has 0 radical (unpaired) electrons. The van der Waals surface area contributed by atoms with Crippen molar-refractivity contribution in [3.05, 3.63) is 95.4 Å². The first kappa shape index (κ1) is 20.2. The van der Waals surface area contributed by atoms with Gasteiger partial charge in [0.15, 0.2) is 0 Å². The standard InChI is InChI=1S/C26H26FNO2/c1-18-14-20(12-13-23(18)27)28-21(16-26(2,3)29)15-22-24(28)10-7-11-25(22)30-17-19-8-5-4-6-9-19/h4-15,29H,16-17H2,1-3H3. The molecule has 0 bridgehead atoms. The number of rotatable bonds is 6. The van der Waals surface area contributed by atoms with Gasteiger partial charge in [0.2, 0.25) is 0 Å². The van der Waals surface area contributed by atoms with Crippen molar-refractivity contribution >= 4 is 10.9 Å². The quantitative estimate of drug-likeness (QED) is 0.430. The van der Waals surface area contributed by atoms with Gasteiger partial charge in [-0.25, -0.2) is 4.39 Å². The van der Waals surface area contributed by atoms with Crippen molar-refractivity contribution in [3.63, 3.8) is 0 Å². The van der Waals surface area contributed by atoms with Crippen LogP contribution in [0.5, 0.6) is 5.75 Å². The Hall–Kier alpha value is -3.11. The Bertz CT molecular complexity index is 1170. The molecular weight excluding hydrogens is 377 g/mol. The molecule has 0 fully saturated rings. The van der Waals surface area contributed by atoms with E-state index in [4.69, 9.17) is 4.74 Å². The van der Waals surface area contributed by atoms with E-state index in [1.807, 2.05) is 54.6 Å². The lowest BCUT2D eigenvalue weighted by Crippen LogP contribution is -2.23. The highest BCUT2D eigenvalue weighted by atomic mass is 19.1. The van der Waals surface area contributed by atoms with Crippen LogP contribution in [0.4, 0.5) is 4.39 Å². The number of benzene rings is 3. The second-order valence-electron chi connectivity index (χ2n) is 8.36. The summed E-state index contributed by atoms with van der Waals surface area (Å²) in [6, 6.07) is 23.1. The monoisotopic (exact) mass is 403 g/mol. The number of hydrogen-bond acceptors (Lipinski definition) is 2. The highest BCUT2D eigenvalue weighted by Crippen LogP contribution is 2.33. The summed E-state index contributed by atoms with van der Waals surface area (Å²) < 4.78 is 22.1. The minimum absolute atomic E-state index is 0.230. The van der Waals surface area contributed by atoms with E-state index < -0.39 is 5.60 Å². The zero-order valence-electron chi connectivity index (χ0n) is 17.5. The second kappa shape index (κ2) is 7.96. The molecule has 3 nitrogen and oxygen atoms in total. The van der Waals surface area contributed by atoms with E-state index in [2.05, 4.69) is 10.6 Å². The van der Waals surface area contributed by atoms with Crippen molar-refractivity contribution in [1.82, 2.24) is 4.57 Å². The molecule has 154 valence electrons. The van der Waals surface area contributed by atoms with Crippen LogP contribution in [0.15, 0.2) is 72.8 Å². The Morgan fingerprint density at radius 2 is 1.73 bits per heavy atom. The van der Waals surface area contributed by atoms with Gasteiger partial charge in [0, 0.05) is 23.2 Å². The molecule has 1 N–H and O–H groups in total. The SMILES string of the molecule is Cc1cc(-n2c(CC(C)(C)O)cc3c(OCc4ccccc4)cccc32)ccc1F. The summed E-state index contributed by atoms with van der Waals surface area (Å²) in [4.78, 5) is 0. The van der Waals surface area contributed by atoms with E-state index in [0.29, 0.717) is 18.6 Å². The normalized spacial score (nSPS) is 11.8. The van der Waals surface area contributed by atoms with Gasteiger partial charge in [-0.1, -0.05) is 36.4 Å². The minimum Gasteiger partial charge on any atom is -0.488 e. The van der Waals surface area contributed by atoms with Crippen LogP contribution >= 0.6 is 0 Å². The van der Waals surface area contributed by atoms with Crippen molar-refractivity contribution in [3.8, 4) is 11.4 Å². The fourth-order valence-electron chi connectivity index (χ4n) is 3.77. The van der Waals surface area contributed by atoms with E-state index in [9.17, 15) is 9.50 Å². The number of nitrogens with zero attached hydrogens (tertiary/aromatic N) is 1. The number of halogens is 1. The maximum atomic E-state index is 13.9. The largest absolute Gasteiger partial charge is 0.488 e. The summed E-state index contributed by atoms with van der Waals surface area (Å²) in [5.41, 5.74) is 3.57. The summed E-state index contributed by atoms with van der Waals surface area (Å²) in [5, 5.41) is 11.5. The molecule has 0 atom stereocenters. The van der Waals surface area contributed by atoms with Crippen molar-refractivity contribution in [2.24, 2.45) is 0 Å². The maximum absolute atomic E-state index is 13.9.